The SMILES string of the molecule is O=C(Oc1ccccc1-c1ccccc1)O[C@H]1CS2(CCCOc3ccccc3)CCC1CC2. The van der Waals surface area contributed by atoms with Gasteiger partial charge in [0.25, 0.3) is 0 Å². The predicted octanol–water partition coefficient (Wildman–Crippen LogP) is 6.93. The van der Waals surface area contributed by atoms with Gasteiger partial charge in [-0.1, -0.05) is 66.7 Å². The minimum Gasteiger partial charge on any atom is -0.494 e. The fraction of sp³-hybridized carbons (Fsp3) is 0.345. The summed E-state index contributed by atoms with van der Waals surface area (Å²) >= 11 is 0. The molecule has 3 heterocycles. The van der Waals surface area contributed by atoms with E-state index in [0.717, 1.165) is 48.5 Å². The Kier molecular flexibility index (Phi) is 7.10. The Balaban J connectivity index is 1.17. The second-order valence-electron chi connectivity index (χ2n) is 9.23. The number of para-hydroxylation sites is 2. The first-order chi connectivity index (χ1) is 16.7. The van der Waals surface area contributed by atoms with Crippen molar-refractivity contribution in [3.05, 3.63) is 84.9 Å². The zero-order chi connectivity index (χ0) is 23.2. The van der Waals surface area contributed by atoms with Crippen LogP contribution >= 0.6 is 10.0 Å². The molecule has 4 nitrogen and oxygen atoms in total. The van der Waals surface area contributed by atoms with Crippen LogP contribution in [0.1, 0.15) is 19.3 Å². The summed E-state index contributed by atoms with van der Waals surface area (Å²) in [5, 5.41) is 0. The molecule has 3 aliphatic rings. The van der Waals surface area contributed by atoms with Crippen LogP contribution in [-0.4, -0.2) is 41.9 Å². The van der Waals surface area contributed by atoms with Gasteiger partial charge in [-0.15, -0.1) is 0 Å². The molecule has 0 saturated carbocycles. The van der Waals surface area contributed by atoms with E-state index in [0.29, 0.717) is 11.7 Å². The lowest BCUT2D eigenvalue weighted by molar-refractivity contribution is 0.0348. The first-order valence-corrected chi connectivity index (χ1v) is 14.5. The molecule has 6 rings (SSSR count). The van der Waals surface area contributed by atoms with E-state index in [9.17, 15) is 4.79 Å². The Hall–Kier alpha value is -2.92. The largest absolute Gasteiger partial charge is 0.514 e. The van der Waals surface area contributed by atoms with E-state index in [1.807, 2.05) is 84.9 Å². The molecule has 178 valence electrons. The molecule has 0 aliphatic carbocycles. The topological polar surface area (TPSA) is 44.8 Å². The van der Waals surface area contributed by atoms with Crippen molar-refractivity contribution >= 4 is 16.2 Å². The van der Waals surface area contributed by atoms with Crippen molar-refractivity contribution in [1.29, 1.82) is 0 Å². The molecule has 3 aromatic rings. The van der Waals surface area contributed by atoms with Crippen molar-refractivity contribution < 1.29 is 19.0 Å². The molecular weight excluding hydrogens is 444 g/mol. The second-order valence-corrected chi connectivity index (χ2v) is 13.2. The van der Waals surface area contributed by atoms with Crippen LogP contribution in [0.4, 0.5) is 4.79 Å². The Morgan fingerprint density at radius 3 is 2.29 bits per heavy atom. The summed E-state index contributed by atoms with van der Waals surface area (Å²) in [5.41, 5.74) is 1.91. The van der Waals surface area contributed by atoms with Crippen LogP contribution in [0.15, 0.2) is 84.9 Å². The van der Waals surface area contributed by atoms with Gasteiger partial charge in [0, 0.05) is 11.3 Å². The summed E-state index contributed by atoms with van der Waals surface area (Å²) in [7, 11) is -0.756. The predicted molar refractivity (Wildman–Crippen MR) is 139 cm³/mol. The third-order valence-corrected chi connectivity index (χ3v) is 11.4. The van der Waals surface area contributed by atoms with Gasteiger partial charge < -0.3 is 14.2 Å². The highest BCUT2D eigenvalue weighted by molar-refractivity contribution is 8.33. The summed E-state index contributed by atoms with van der Waals surface area (Å²) < 4.78 is 17.6. The molecule has 3 saturated heterocycles. The lowest BCUT2D eigenvalue weighted by atomic mass is 9.96. The Bertz CT molecular complexity index is 1080. The smallest absolute Gasteiger partial charge is 0.494 e. The van der Waals surface area contributed by atoms with Crippen LogP contribution < -0.4 is 9.47 Å². The highest BCUT2D eigenvalue weighted by atomic mass is 32.3. The number of rotatable bonds is 8. The first-order valence-electron chi connectivity index (χ1n) is 12.2. The average molecular weight is 477 g/mol. The zero-order valence-electron chi connectivity index (χ0n) is 19.4. The maximum atomic E-state index is 12.8. The summed E-state index contributed by atoms with van der Waals surface area (Å²) in [4.78, 5) is 12.8. The van der Waals surface area contributed by atoms with Crippen molar-refractivity contribution in [2.24, 2.45) is 5.92 Å². The summed E-state index contributed by atoms with van der Waals surface area (Å²) in [6.07, 6.45) is 2.77. The van der Waals surface area contributed by atoms with Gasteiger partial charge in [0.2, 0.25) is 0 Å². The molecule has 0 unspecified atom stereocenters. The number of hydrogen-bond acceptors (Lipinski definition) is 4. The minimum absolute atomic E-state index is 0.0241. The van der Waals surface area contributed by atoms with Crippen LogP contribution in [0.3, 0.4) is 0 Å². The van der Waals surface area contributed by atoms with Crippen LogP contribution in [0.2, 0.25) is 0 Å². The van der Waals surface area contributed by atoms with E-state index in [-0.39, 0.29) is 6.10 Å². The molecule has 3 fully saturated rings. The molecule has 2 bridgehead atoms. The minimum atomic E-state index is -0.756. The molecule has 0 aromatic heterocycles. The highest BCUT2D eigenvalue weighted by Gasteiger charge is 2.44. The van der Waals surface area contributed by atoms with Crippen LogP contribution in [0.25, 0.3) is 11.1 Å². The normalized spacial score (nSPS) is 25.2. The quantitative estimate of drug-likeness (QED) is 0.201. The van der Waals surface area contributed by atoms with Crippen LogP contribution in [0, 0.1) is 5.92 Å². The maximum absolute atomic E-state index is 12.8. The number of carbonyl (C=O) groups excluding carboxylic acids is 1. The fourth-order valence-electron chi connectivity index (χ4n) is 5.21. The Labute approximate surface area is 203 Å². The molecule has 3 aromatic carbocycles. The average Bonchev–Trinajstić information content (AvgIpc) is 2.89. The van der Waals surface area contributed by atoms with Crippen molar-refractivity contribution in [3.8, 4) is 22.6 Å². The number of hydrogen-bond donors (Lipinski definition) is 0. The van der Waals surface area contributed by atoms with Gasteiger partial charge in [-0.2, -0.15) is 0 Å². The standard InChI is InChI=1S/C29H32O4S/c30-29(32-27-15-8-7-14-26(27)23-10-3-1-4-11-23)33-28-22-34(20-16-24(28)17-21-34)19-9-18-31-25-12-5-2-6-13-25/h1-8,10-15,24,28H,9,16-22H2/t28-/m0/s1. The third-order valence-electron chi connectivity index (χ3n) is 7.03. The molecule has 1 atom stereocenters. The van der Waals surface area contributed by atoms with Gasteiger partial charge in [-0.25, -0.2) is 14.8 Å². The van der Waals surface area contributed by atoms with Crippen LogP contribution in [-0.2, 0) is 4.74 Å². The van der Waals surface area contributed by atoms with E-state index in [1.165, 1.54) is 17.3 Å². The Morgan fingerprint density at radius 1 is 0.853 bits per heavy atom. The first kappa shape index (κ1) is 22.9. The zero-order valence-corrected chi connectivity index (χ0v) is 20.3. The summed E-state index contributed by atoms with van der Waals surface area (Å²) in [6, 6.07) is 27.6. The van der Waals surface area contributed by atoms with Gasteiger partial charge in [0.15, 0.2) is 0 Å². The molecular formula is C29H32O4S. The van der Waals surface area contributed by atoms with Crippen molar-refractivity contribution in [2.45, 2.75) is 25.4 Å². The number of carbonyl (C=O) groups is 1. The van der Waals surface area contributed by atoms with Gasteiger partial charge in [-0.05, 0) is 66.2 Å². The molecule has 0 radical (unpaired) electrons. The number of benzene rings is 3. The molecule has 3 aliphatic heterocycles. The molecule has 34 heavy (non-hydrogen) atoms. The van der Waals surface area contributed by atoms with E-state index in [2.05, 4.69) is 0 Å². The maximum Gasteiger partial charge on any atom is 0.514 e. The third kappa shape index (κ3) is 5.41. The van der Waals surface area contributed by atoms with Crippen LogP contribution in [0.5, 0.6) is 11.5 Å². The number of fused-ring (bicyclic) bond motifs is 3. The molecule has 0 amide bonds. The van der Waals surface area contributed by atoms with Crippen molar-refractivity contribution in [3.63, 3.8) is 0 Å². The van der Waals surface area contributed by atoms with E-state index in [1.54, 1.807) is 0 Å². The van der Waals surface area contributed by atoms with Gasteiger partial charge >= 0.3 is 6.16 Å². The highest BCUT2D eigenvalue weighted by Crippen LogP contribution is 2.60. The van der Waals surface area contributed by atoms with Gasteiger partial charge in [-0.3, -0.25) is 0 Å². The van der Waals surface area contributed by atoms with E-state index < -0.39 is 16.2 Å². The fourth-order valence-corrected chi connectivity index (χ4v) is 9.70. The van der Waals surface area contributed by atoms with Crippen molar-refractivity contribution in [2.75, 3.05) is 29.6 Å². The van der Waals surface area contributed by atoms with E-state index in [4.69, 9.17) is 14.2 Å². The van der Waals surface area contributed by atoms with E-state index >= 15 is 0 Å². The second kappa shape index (κ2) is 10.6. The van der Waals surface area contributed by atoms with Crippen molar-refractivity contribution in [1.82, 2.24) is 0 Å². The van der Waals surface area contributed by atoms with Gasteiger partial charge in [0.1, 0.15) is 17.6 Å². The van der Waals surface area contributed by atoms with Gasteiger partial charge in [0.05, 0.1) is 6.61 Å². The summed E-state index contributed by atoms with van der Waals surface area (Å²) in [5.74, 6) is 6.74. The monoisotopic (exact) mass is 476 g/mol. The molecule has 5 heteroatoms. The number of ether oxygens (including phenoxy) is 3. The lowest BCUT2D eigenvalue weighted by Crippen LogP contribution is -2.46. The summed E-state index contributed by atoms with van der Waals surface area (Å²) in [6.45, 7) is 0.742. The molecule has 0 spiro atoms. The molecule has 0 N–H and O–H groups in total. The lowest BCUT2D eigenvalue weighted by Gasteiger charge is -2.54. The Morgan fingerprint density at radius 2 is 1.53 bits per heavy atom.